The molecule has 2 fully saturated rings. The van der Waals surface area contributed by atoms with Crippen LogP contribution in [0, 0.1) is 17.8 Å². The SMILES string of the molecule is CCCCN1CCN(c2cc(C)ccc2C2CC(C)(C)CC(C)(C)C2)CC1.Cl. The molecule has 0 bridgehead atoms. The Morgan fingerprint density at radius 1 is 0.964 bits per heavy atom. The normalized spacial score (nSPS) is 22.7. The summed E-state index contributed by atoms with van der Waals surface area (Å²) in [5.74, 6) is 0.692. The van der Waals surface area contributed by atoms with Gasteiger partial charge >= 0.3 is 0 Å². The second kappa shape index (κ2) is 9.39. The first-order valence-corrected chi connectivity index (χ1v) is 11.3. The molecule has 0 atom stereocenters. The van der Waals surface area contributed by atoms with Gasteiger partial charge in [-0.15, -0.1) is 12.4 Å². The van der Waals surface area contributed by atoms with E-state index < -0.39 is 0 Å². The second-order valence-corrected chi connectivity index (χ2v) is 10.9. The molecular weight excluding hydrogens is 364 g/mol. The fourth-order valence-corrected chi connectivity index (χ4v) is 5.93. The quantitative estimate of drug-likeness (QED) is 0.539. The van der Waals surface area contributed by atoms with Gasteiger partial charge in [-0.25, -0.2) is 0 Å². The van der Waals surface area contributed by atoms with Crippen molar-refractivity contribution in [2.45, 2.75) is 79.6 Å². The van der Waals surface area contributed by atoms with Gasteiger partial charge in [-0.2, -0.15) is 0 Å². The standard InChI is InChI=1S/C25H42N2.ClH/c1-7-8-11-26-12-14-27(15-13-26)23-16-20(2)9-10-22(23)21-17-24(3,4)19-25(5,6)18-21;/h9-10,16,21H,7-8,11-15,17-19H2,1-6H3;1H. The molecule has 0 N–H and O–H groups in total. The number of hydrogen-bond donors (Lipinski definition) is 0. The zero-order chi connectivity index (χ0) is 19.7. The van der Waals surface area contributed by atoms with Crippen molar-refractivity contribution in [2.75, 3.05) is 37.6 Å². The van der Waals surface area contributed by atoms with Crippen molar-refractivity contribution in [1.29, 1.82) is 0 Å². The van der Waals surface area contributed by atoms with E-state index in [4.69, 9.17) is 0 Å². The first kappa shape index (κ1) is 23.5. The van der Waals surface area contributed by atoms with Gasteiger partial charge in [0, 0.05) is 31.9 Å². The van der Waals surface area contributed by atoms with Gasteiger partial charge in [-0.1, -0.05) is 53.2 Å². The Labute approximate surface area is 180 Å². The molecule has 3 rings (SSSR count). The largest absolute Gasteiger partial charge is 0.369 e. The minimum Gasteiger partial charge on any atom is -0.369 e. The Morgan fingerprint density at radius 2 is 1.57 bits per heavy atom. The average Bonchev–Trinajstić information content (AvgIpc) is 2.57. The van der Waals surface area contributed by atoms with E-state index >= 15 is 0 Å². The van der Waals surface area contributed by atoms with Crippen LogP contribution in [0.2, 0.25) is 0 Å². The molecule has 0 amide bonds. The summed E-state index contributed by atoms with van der Waals surface area (Å²) in [6, 6.07) is 7.26. The summed E-state index contributed by atoms with van der Waals surface area (Å²) in [4.78, 5) is 5.34. The van der Waals surface area contributed by atoms with Crippen LogP contribution in [0.4, 0.5) is 5.69 Å². The van der Waals surface area contributed by atoms with Crippen LogP contribution in [0.5, 0.6) is 0 Å². The van der Waals surface area contributed by atoms with Crippen LogP contribution < -0.4 is 4.90 Å². The third-order valence-electron chi connectivity index (χ3n) is 6.72. The number of rotatable bonds is 5. The van der Waals surface area contributed by atoms with Crippen molar-refractivity contribution in [2.24, 2.45) is 10.8 Å². The maximum Gasteiger partial charge on any atom is 0.0405 e. The molecule has 1 saturated carbocycles. The summed E-state index contributed by atoms with van der Waals surface area (Å²) in [6.07, 6.45) is 6.62. The van der Waals surface area contributed by atoms with Gasteiger partial charge in [-0.3, -0.25) is 4.90 Å². The first-order valence-electron chi connectivity index (χ1n) is 11.3. The third kappa shape index (κ3) is 5.89. The molecular formula is C25H43ClN2. The highest BCUT2D eigenvalue weighted by Crippen LogP contribution is 2.53. The molecule has 2 nitrogen and oxygen atoms in total. The lowest BCUT2D eigenvalue weighted by Crippen LogP contribution is -2.47. The summed E-state index contributed by atoms with van der Waals surface area (Å²) in [5, 5.41) is 0. The van der Waals surface area contributed by atoms with Crippen LogP contribution in [0.1, 0.15) is 83.8 Å². The first-order chi connectivity index (χ1) is 12.7. The number of nitrogens with zero attached hydrogens (tertiary/aromatic N) is 2. The molecule has 0 radical (unpaired) electrons. The lowest BCUT2D eigenvalue weighted by Gasteiger charge is -2.46. The van der Waals surface area contributed by atoms with Crippen LogP contribution in [-0.4, -0.2) is 37.6 Å². The van der Waals surface area contributed by atoms with Gasteiger partial charge in [0.05, 0.1) is 0 Å². The van der Waals surface area contributed by atoms with Crippen LogP contribution in [-0.2, 0) is 0 Å². The second-order valence-electron chi connectivity index (χ2n) is 10.9. The highest BCUT2D eigenvalue weighted by Gasteiger charge is 2.39. The molecule has 1 saturated heterocycles. The minimum absolute atomic E-state index is 0. The van der Waals surface area contributed by atoms with Gasteiger partial charge < -0.3 is 4.90 Å². The van der Waals surface area contributed by atoms with Crippen molar-refractivity contribution in [3.63, 3.8) is 0 Å². The van der Waals surface area contributed by atoms with Crippen LogP contribution >= 0.6 is 12.4 Å². The number of halogens is 1. The number of piperazine rings is 1. The summed E-state index contributed by atoms with van der Waals surface area (Å²) in [5.41, 5.74) is 5.42. The van der Waals surface area contributed by atoms with E-state index in [1.165, 1.54) is 76.1 Å². The van der Waals surface area contributed by atoms with E-state index in [1.807, 2.05) is 0 Å². The van der Waals surface area contributed by atoms with Crippen LogP contribution in [0.25, 0.3) is 0 Å². The van der Waals surface area contributed by atoms with E-state index in [0.717, 1.165) is 0 Å². The minimum atomic E-state index is 0. The number of hydrogen-bond acceptors (Lipinski definition) is 2. The maximum atomic E-state index is 2.68. The monoisotopic (exact) mass is 406 g/mol. The molecule has 1 aliphatic carbocycles. The van der Waals surface area contributed by atoms with Gasteiger partial charge in [0.1, 0.15) is 0 Å². The van der Waals surface area contributed by atoms with Gasteiger partial charge in [0.25, 0.3) is 0 Å². The Bertz CT molecular complexity index is 613. The number of benzene rings is 1. The molecule has 1 aliphatic heterocycles. The Morgan fingerprint density at radius 3 is 2.14 bits per heavy atom. The number of anilines is 1. The Kier molecular flexibility index (Phi) is 7.90. The fourth-order valence-electron chi connectivity index (χ4n) is 5.93. The summed E-state index contributed by atoms with van der Waals surface area (Å²) >= 11 is 0. The molecule has 0 aromatic heterocycles. The summed E-state index contributed by atoms with van der Waals surface area (Å²) < 4.78 is 0. The van der Waals surface area contributed by atoms with Crippen LogP contribution in [0.15, 0.2) is 18.2 Å². The van der Waals surface area contributed by atoms with E-state index in [1.54, 1.807) is 5.56 Å². The average molecular weight is 407 g/mol. The summed E-state index contributed by atoms with van der Waals surface area (Å²) in [6.45, 7) is 20.5. The molecule has 1 heterocycles. The van der Waals surface area contributed by atoms with E-state index in [2.05, 4.69) is 69.5 Å². The van der Waals surface area contributed by atoms with Gasteiger partial charge in [0.2, 0.25) is 0 Å². The van der Waals surface area contributed by atoms with Gasteiger partial charge in [-0.05, 0) is 73.1 Å². The molecule has 28 heavy (non-hydrogen) atoms. The smallest absolute Gasteiger partial charge is 0.0405 e. The molecule has 160 valence electrons. The van der Waals surface area contributed by atoms with E-state index in [0.29, 0.717) is 16.7 Å². The van der Waals surface area contributed by atoms with Crippen molar-refractivity contribution in [3.05, 3.63) is 29.3 Å². The Balaban J connectivity index is 0.00000280. The van der Waals surface area contributed by atoms with Crippen molar-refractivity contribution < 1.29 is 0 Å². The zero-order valence-electron chi connectivity index (χ0n) is 19.2. The zero-order valence-corrected chi connectivity index (χ0v) is 20.0. The lowest BCUT2D eigenvalue weighted by molar-refractivity contribution is 0.0970. The van der Waals surface area contributed by atoms with Crippen molar-refractivity contribution >= 4 is 18.1 Å². The Hall–Kier alpha value is -0.730. The highest BCUT2D eigenvalue weighted by atomic mass is 35.5. The van der Waals surface area contributed by atoms with Gasteiger partial charge in [0.15, 0.2) is 0 Å². The third-order valence-corrected chi connectivity index (χ3v) is 6.72. The maximum absolute atomic E-state index is 2.68. The topological polar surface area (TPSA) is 6.48 Å². The number of aryl methyl sites for hydroxylation is 1. The molecule has 3 heteroatoms. The molecule has 1 aromatic carbocycles. The number of unbranched alkanes of at least 4 members (excludes halogenated alkanes) is 1. The van der Waals surface area contributed by atoms with E-state index in [9.17, 15) is 0 Å². The predicted octanol–water partition coefficient (Wildman–Crippen LogP) is 6.66. The van der Waals surface area contributed by atoms with Crippen LogP contribution in [0.3, 0.4) is 0 Å². The molecule has 0 spiro atoms. The van der Waals surface area contributed by atoms with E-state index in [-0.39, 0.29) is 12.4 Å². The molecule has 1 aromatic rings. The summed E-state index contributed by atoms with van der Waals surface area (Å²) in [7, 11) is 0. The highest BCUT2D eigenvalue weighted by molar-refractivity contribution is 5.85. The molecule has 0 unspecified atom stereocenters. The fraction of sp³-hybridized carbons (Fsp3) is 0.760. The molecule has 2 aliphatic rings. The van der Waals surface area contributed by atoms with Crippen molar-refractivity contribution in [1.82, 2.24) is 4.90 Å². The lowest BCUT2D eigenvalue weighted by atomic mass is 9.60. The predicted molar refractivity (Wildman–Crippen MR) is 126 cm³/mol. The van der Waals surface area contributed by atoms with Crippen molar-refractivity contribution in [3.8, 4) is 0 Å².